The van der Waals surface area contributed by atoms with Crippen molar-refractivity contribution in [2.45, 2.75) is 0 Å². The summed E-state index contributed by atoms with van der Waals surface area (Å²) in [5.74, 6) is -1.11. The van der Waals surface area contributed by atoms with Crippen LogP contribution in [0.5, 0.6) is 0 Å². The third kappa shape index (κ3) is 4.55. The maximum atomic E-state index is 12.9. The lowest BCUT2D eigenvalue weighted by Gasteiger charge is -2.12. The van der Waals surface area contributed by atoms with Crippen molar-refractivity contribution in [1.82, 2.24) is 9.62 Å². The molecule has 0 saturated heterocycles. The van der Waals surface area contributed by atoms with Gasteiger partial charge in [-0.2, -0.15) is 0 Å². The van der Waals surface area contributed by atoms with Crippen LogP contribution in [-0.4, -0.2) is 45.0 Å². The van der Waals surface area contributed by atoms with Gasteiger partial charge in [0.25, 0.3) is 5.91 Å². The maximum Gasteiger partial charge on any atom is 0.252 e. The van der Waals surface area contributed by atoms with E-state index in [1.807, 2.05) is 0 Å². The highest BCUT2D eigenvalue weighted by Crippen LogP contribution is 2.17. The zero-order valence-electron chi connectivity index (χ0n) is 10.5. The summed E-state index contributed by atoms with van der Waals surface area (Å²) in [5, 5.41) is 2.47. The molecule has 1 aromatic carbocycles. The monoisotopic (exact) mass is 352 g/mol. The largest absolute Gasteiger partial charge is 0.351 e. The first kappa shape index (κ1) is 16.1. The van der Waals surface area contributed by atoms with Gasteiger partial charge in [0, 0.05) is 25.1 Å². The Kier molecular flexibility index (Phi) is 5.45. The second-order valence-electron chi connectivity index (χ2n) is 3.98. The average Bonchev–Trinajstić information content (AvgIpc) is 2.28. The maximum absolute atomic E-state index is 12.9. The van der Waals surface area contributed by atoms with Gasteiger partial charge in [0.05, 0.1) is 11.3 Å². The van der Waals surface area contributed by atoms with Gasteiger partial charge >= 0.3 is 0 Å². The number of halogens is 2. The summed E-state index contributed by atoms with van der Waals surface area (Å²) in [5.41, 5.74) is 0.253. The second kappa shape index (κ2) is 6.44. The first-order valence-electron chi connectivity index (χ1n) is 5.37. The fraction of sp³-hybridized carbons (Fsp3) is 0.364. The van der Waals surface area contributed by atoms with Crippen LogP contribution in [0.2, 0.25) is 0 Å². The standard InChI is InChI=1S/C11H14BrFN2O3S/c1-15(2)19(17,18)6-5-14-11(16)9-4-3-8(13)7-10(9)12/h3-4,7H,5-6H2,1-2H3,(H,14,16). The van der Waals surface area contributed by atoms with Gasteiger partial charge in [0.2, 0.25) is 10.0 Å². The molecule has 1 aromatic rings. The average molecular weight is 353 g/mol. The van der Waals surface area contributed by atoms with E-state index in [1.165, 1.54) is 26.2 Å². The quantitative estimate of drug-likeness (QED) is 0.865. The molecule has 0 aliphatic heterocycles. The normalized spacial score (nSPS) is 11.6. The molecule has 5 nitrogen and oxygen atoms in total. The summed E-state index contributed by atoms with van der Waals surface area (Å²) in [6.07, 6.45) is 0. The molecule has 1 amide bonds. The molecule has 0 aliphatic carbocycles. The molecule has 0 aliphatic rings. The predicted molar refractivity (Wildman–Crippen MR) is 73.9 cm³/mol. The number of sulfonamides is 1. The van der Waals surface area contributed by atoms with E-state index in [1.54, 1.807) is 0 Å². The molecule has 0 spiro atoms. The number of rotatable bonds is 5. The lowest BCUT2D eigenvalue weighted by atomic mass is 10.2. The van der Waals surface area contributed by atoms with Crippen molar-refractivity contribution in [3.63, 3.8) is 0 Å². The van der Waals surface area contributed by atoms with Gasteiger partial charge in [-0.25, -0.2) is 17.1 Å². The Morgan fingerprint density at radius 3 is 2.58 bits per heavy atom. The SMILES string of the molecule is CN(C)S(=O)(=O)CCNC(=O)c1ccc(F)cc1Br. The zero-order chi connectivity index (χ0) is 14.6. The van der Waals surface area contributed by atoms with Gasteiger partial charge in [-0.15, -0.1) is 0 Å². The van der Waals surface area contributed by atoms with E-state index >= 15 is 0 Å². The number of hydrogen-bond acceptors (Lipinski definition) is 3. The molecule has 0 fully saturated rings. The first-order chi connectivity index (χ1) is 8.74. The van der Waals surface area contributed by atoms with Crippen LogP contribution in [-0.2, 0) is 10.0 Å². The highest BCUT2D eigenvalue weighted by Gasteiger charge is 2.15. The number of nitrogens with zero attached hydrogens (tertiary/aromatic N) is 1. The fourth-order valence-corrected chi connectivity index (χ4v) is 2.50. The van der Waals surface area contributed by atoms with E-state index in [2.05, 4.69) is 21.2 Å². The van der Waals surface area contributed by atoms with E-state index in [4.69, 9.17) is 0 Å². The van der Waals surface area contributed by atoms with Gasteiger partial charge < -0.3 is 5.32 Å². The minimum absolute atomic E-state index is 0.0108. The summed E-state index contributed by atoms with van der Waals surface area (Å²) in [6.45, 7) is -0.0108. The fourth-order valence-electron chi connectivity index (χ4n) is 1.24. The third-order valence-electron chi connectivity index (χ3n) is 2.38. The molecule has 106 valence electrons. The Morgan fingerprint density at radius 1 is 1.42 bits per heavy atom. The van der Waals surface area contributed by atoms with Crippen molar-refractivity contribution in [3.8, 4) is 0 Å². The molecule has 0 aromatic heterocycles. The number of carbonyl (C=O) groups excluding carboxylic acids is 1. The third-order valence-corrected chi connectivity index (χ3v) is 4.87. The number of carbonyl (C=O) groups is 1. The highest BCUT2D eigenvalue weighted by atomic mass is 79.9. The smallest absolute Gasteiger partial charge is 0.252 e. The van der Waals surface area contributed by atoms with Gasteiger partial charge in [-0.3, -0.25) is 4.79 Å². The molecule has 0 saturated carbocycles. The Bertz CT molecular complexity index is 575. The molecule has 1 N–H and O–H groups in total. The minimum Gasteiger partial charge on any atom is -0.351 e. The predicted octanol–water partition coefficient (Wildman–Crippen LogP) is 1.21. The van der Waals surface area contributed by atoms with Gasteiger partial charge in [-0.05, 0) is 34.1 Å². The topological polar surface area (TPSA) is 66.5 Å². The highest BCUT2D eigenvalue weighted by molar-refractivity contribution is 9.10. The lowest BCUT2D eigenvalue weighted by Crippen LogP contribution is -2.34. The Hall–Kier alpha value is -0.990. The van der Waals surface area contributed by atoms with Crippen LogP contribution in [0.15, 0.2) is 22.7 Å². The molecule has 1 rings (SSSR count). The van der Waals surface area contributed by atoms with Gasteiger partial charge in [0.15, 0.2) is 0 Å². The van der Waals surface area contributed by atoms with Crippen LogP contribution < -0.4 is 5.32 Å². The molecular weight excluding hydrogens is 339 g/mol. The second-order valence-corrected chi connectivity index (χ2v) is 7.14. The Morgan fingerprint density at radius 2 is 2.05 bits per heavy atom. The van der Waals surface area contributed by atoms with Crippen molar-refractivity contribution in [2.24, 2.45) is 0 Å². The van der Waals surface area contributed by atoms with E-state index in [0.717, 1.165) is 10.4 Å². The summed E-state index contributed by atoms with van der Waals surface area (Å²) >= 11 is 3.08. The van der Waals surface area contributed by atoms with Crippen LogP contribution in [0.3, 0.4) is 0 Å². The Labute approximate surface area is 120 Å². The zero-order valence-corrected chi connectivity index (χ0v) is 12.9. The Balaban J connectivity index is 2.62. The van der Waals surface area contributed by atoms with Crippen molar-refractivity contribution < 1.29 is 17.6 Å². The number of hydrogen-bond donors (Lipinski definition) is 1. The molecule has 0 unspecified atom stereocenters. The van der Waals surface area contributed by atoms with E-state index in [0.29, 0.717) is 4.47 Å². The van der Waals surface area contributed by atoms with E-state index < -0.39 is 21.7 Å². The van der Waals surface area contributed by atoms with Crippen LogP contribution in [0.4, 0.5) is 4.39 Å². The van der Waals surface area contributed by atoms with E-state index in [9.17, 15) is 17.6 Å². The van der Waals surface area contributed by atoms with E-state index in [-0.39, 0.29) is 17.9 Å². The number of nitrogens with one attached hydrogen (secondary N) is 1. The molecule has 0 radical (unpaired) electrons. The molecule has 0 bridgehead atoms. The number of benzene rings is 1. The van der Waals surface area contributed by atoms with Gasteiger partial charge in [0.1, 0.15) is 5.82 Å². The molecule has 0 heterocycles. The van der Waals surface area contributed by atoms with Crippen LogP contribution in [0.1, 0.15) is 10.4 Å². The first-order valence-corrected chi connectivity index (χ1v) is 7.77. The molecular formula is C11H14BrFN2O3S. The van der Waals surface area contributed by atoms with Crippen molar-refractivity contribution >= 4 is 31.9 Å². The molecule has 19 heavy (non-hydrogen) atoms. The van der Waals surface area contributed by atoms with Crippen molar-refractivity contribution in [3.05, 3.63) is 34.1 Å². The number of amides is 1. The van der Waals surface area contributed by atoms with Crippen LogP contribution >= 0.6 is 15.9 Å². The van der Waals surface area contributed by atoms with Gasteiger partial charge in [-0.1, -0.05) is 0 Å². The van der Waals surface area contributed by atoms with Crippen molar-refractivity contribution in [2.75, 3.05) is 26.4 Å². The summed E-state index contributed by atoms with van der Waals surface area (Å²) in [7, 11) is -0.497. The minimum atomic E-state index is -3.35. The van der Waals surface area contributed by atoms with Crippen LogP contribution in [0.25, 0.3) is 0 Å². The summed E-state index contributed by atoms with van der Waals surface area (Å²) < 4.78 is 37.2. The summed E-state index contributed by atoms with van der Waals surface area (Å²) in [4.78, 5) is 11.8. The van der Waals surface area contributed by atoms with Crippen LogP contribution in [0, 0.1) is 5.82 Å². The molecule has 8 heteroatoms. The molecule has 0 atom stereocenters. The lowest BCUT2D eigenvalue weighted by molar-refractivity contribution is 0.0955. The van der Waals surface area contributed by atoms with Crippen molar-refractivity contribution in [1.29, 1.82) is 0 Å². The summed E-state index contributed by atoms with van der Waals surface area (Å²) in [6, 6.07) is 3.66.